The number of hydrogen-bond acceptors (Lipinski definition) is 5. The molecule has 0 aromatic rings. The summed E-state index contributed by atoms with van der Waals surface area (Å²) in [6, 6.07) is 0.136. The van der Waals surface area contributed by atoms with Crippen LogP contribution in [0.15, 0.2) is 0 Å². The Morgan fingerprint density at radius 1 is 1.44 bits per heavy atom. The first-order valence-corrected chi connectivity index (χ1v) is 7.16. The number of ether oxygens (including phenoxy) is 2. The summed E-state index contributed by atoms with van der Waals surface area (Å²) in [4.78, 5) is 0. The molecule has 1 fully saturated rings. The molecular formula is C9H20ClNO4S. The second kappa shape index (κ2) is 7.45. The zero-order chi connectivity index (χ0) is 11.3. The van der Waals surface area contributed by atoms with Gasteiger partial charge in [-0.15, -0.1) is 12.4 Å². The Balaban J connectivity index is 0.00000225. The standard InChI is InChI=1S/C9H19NO4S.ClH/c1-15(11,12)5-4-13-7-9-3-2-8(10)6-14-9;/h8-9H,2-7,10H2,1H3;1H. The summed E-state index contributed by atoms with van der Waals surface area (Å²) in [5.41, 5.74) is 5.66. The van der Waals surface area contributed by atoms with Gasteiger partial charge in [0, 0.05) is 12.3 Å². The van der Waals surface area contributed by atoms with E-state index in [9.17, 15) is 8.42 Å². The predicted molar refractivity (Wildman–Crippen MR) is 64.7 cm³/mol. The van der Waals surface area contributed by atoms with E-state index >= 15 is 0 Å². The topological polar surface area (TPSA) is 78.6 Å². The first kappa shape index (κ1) is 16.1. The molecule has 0 saturated carbocycles. The predicted octanol–water partition coefficient (Wildman–Crippen LogP) is -0.0243. The first-order chi connectivity index (χ1) is 6.97. The van der Waals surface area contributed by atoms with Gasteiger partial charge in [-0.2, -0.15) is 0 Å². The molecule has 1 aliphatic rings. The summed E-state index contributed by atoms with van der Waals surface area (Å²) in [5, 5.41) is 0. The van der Waals surface area contributed by atoms with E-state index in [1.54, 1.807) is 0 Å². The highest BCUT2D eigenvalue weighted by Crippen LogP contribution is 2.12. The Kier molecular flexibility index (Phi) is 7.50. The number of rotatable bonds is 5. The van der Waals surface area contributed by atoms with Gasteiger partial charge in [-0.3, -0.25) is 0 Å². The van der Waals surface area contributed by atoms with Gasteiger partial charge < -0.3 is 15.2 Å². The highest BCUT2D eigenvalue weighted by molar-refractivity contribution is 7.90. The molecule has 2 atom stereocenters. The molecule has 1 saturated heterocycles. The van der Waals surface area contributed by atoms with Gasteiger partial charge in [-0.1, -0.05) is 0 Å². The van der Waals surface area contributed by atoms with Crippen molar-refractivity contribution < 1.29 is 17.9 Å². The van der Waals surface area contributed by atoms with Gasteiger partial charge in [-0.05, 0) is 12.8 Å². The fourth-order valence-corrected chi connectivity index (χ4v) is 1.80. The Labute approximate surface area is 103 Å². The van der Waals surface area contributed by atoms with Crippen LogP contribution in [0.4, 0.5) is 0 Å². The molecule has 0 aromatic heterocycles. The van der Waals surface area contributed by atoms with E-state index in [0.29, 0.717) is 13.2 Å². The van der Waals surface area contributed by atoms with Crippen LogP contribution in [0.2, 0.25) is 0 Å². The molecule has 98 valence electrons. The Morgan fingerprint density at radius 3 is 2.62 bits per heavy atom. The van der Waals surface area contributed by atoms with Crippen LogP contribution in [0, 0.1) is 0 Å². The van der Waals surface area contributed by atoms with Crippen LogP contribution in [0.5, 0.6) is 0 Å². The molecule has 0 aromatic carbocycles. The van der Waals surface area contributed by atoms with Crippen molar-refractivity contribution >= 4 is 22.2 Å². The lowest BCUT2D eigenvalue weighted by molar-refractivity contribution is -0.0444. The third-order valence-electron chi connectivity index (χ3n) is 2.31. The normalized spacial score (nSPS) is 26.1. The maximum Gasteiger partial charge on any atom is 0.149 e. The average molecular weight is 274 g/mol. The van der Waals surface area contributed by atoms with Crippen LogP contribution < -0.4 is 5.73 Å². The molecule has 1 heterocycles. The van der Waals surface area contributed by atoms with Crippen LogP contribution in [-0.4, -0.2) is 52.4 Å². The molecule has 1 rings (SSSR count). The molecular weight excluding hydrogens is 254 g/mol. The first-order valence-electron chi connectivity index (χ1n) is 5.10. The second-order valence-corrected chi connectivity index (χ2v) is 6.26. The van der Waals surface area contributed by atoms with Crippen molar-refractivity contribution in [2.45, 2.75) is 25.0 Å². The molecule has 16 heavy (non-hydrogen) atoms. The average Bonchev–Trinajstić information content (AvgIpc) is 2.14. The van der Waals surface area contributed by atoms with Gasteiger partial charge in [-0.25, -0.2) is 8.42 Å². The van der Waals surface area contributed by atoms with E-state index in [1.807, 2.05) is 0 Å². The van der Waals surface area contributed by atoms with Gasteiger partial charge in [0.25, 0.3) is 0 Å². The number of sulfone groups is 1. The van der Waals surface area contributed by atoms with E-state index in [2.05, 4.69) is 0 Å². The maximum absolute atomic E-state index is 10.8. The monoisotopic (exact) mass is 273 g/mol. The van der Waals surface area contributed by atoms with Crippen LogP contribution in [0.1, 0.15) is 12.8 Å². The smallest absolute Gasteiger partial charge is 0.149 e. The van der Waals surface area contributed by atoms with Gasteiger partial charge in [0.05, 0.1) is 31.7 Å². The van der Waals surface area contributed by atoms with Crippen molar-refractivity contribution in [3.05, 3.63) is 0 Å². The molecule has 0 amide bonds. The largest absolute Gasteiger partial charge is 0.378 e. The van der Waals surface area contributed by atoms with Crippen LogP contribution in [0.25, 0.3) is 0 Å². The van der Waals surface area contributed by atoms with Crippen molar-refractivity contribution in [3.63, 3.8) is 0 Å². The lowest BCUT2D eigenvalue weighted by atomic mass is 10.1. The zero-order valence-corrected chi connectivity index (χ0v) is 11.1. The SMILES string of the molecule is CS(=O)(=O)CCOCC1CCC(N)CO1.Cl. The maximum atomic E-state index is 10.8. The molecule has 0 radical (unpaired) electrons. The van der Waals surface area contributed by atoms with Crippen LogP contribution in [-0.2, 0) is 19.3 Å². The molecule has 0 aliphatic carbocycles. The van der Waals surface area contributed by atoms with Gasteiger partial charge in [0.2, 0.25) is 0 Å². The third-order valence-corrected chi connectivity index (χ3v) is 3.22. The van der Waals surface area contributed by atoms with Crippen molar-refractivity contribution in [2.75, 3.05) is 31.8 Å². The van der Waals surface area contributed by atoms with E-state index in [1.165, 1.54) is 6.26 Å². The van der Waals surface area contributed by atoms with Crippen LogP contribution in [0.3, 0.4) is 0 Å². The third kappa shape index (κ3) is 7.40. The van der Waals surface area contributed by atoms with E-state index in [0.717, 1.165) is 12.8 Å². The van der Waals surface area contributed by atoms with Crippen LogP contribution >= 0.6 is 12.4 Å². The number of nitrogens with two attached hydrogens (primary N) is 1. The quantitative estimate of drug-likeness (QED) is 0.712. The van der Waals surface area contributed by atoms with E-state index in [-0.39, 0.29) is 36.9 Å². The fourth-order valence-electron chi connectivity index (χ4n) is 1.38. The molecule has 2 unspecified atom stereocenters. The minimum atomic E-state index is -2.92. The summed E-state index contributed by atoms with van der Waals surface area (Å²) in [6.07, 6.45) is 3.11. The number of hydrogen-bond donors (Lipinski definition) is 1. The summed E-state index contributed by atoms with van der Waals surface area (Å²) >= 11 is 0. The number of halogens is 1. The molecule has 1 aliphatic heterocycles. The molecule has 5 nitrogen and oxygen atoms in total. The molecule has 0 spiro atoms. The van der Waals surface area contributed by atoms with E-state index < -0.39 is 9.84 Å². The van der Waals surface area contributed by atoms with Crippen molar-refractivity contribution in [2.24, 2.45) is 5.73 Å². The molecule has 7 heteroatoms. The van der Waals surface area contributed by atoms with Gasteiger partial charge in [0.1, 0.15) is 9.84 Å². The lowest BCUT2D eigenvalue weighted by Gasteiger charge is -2.26. The zero-order valence-electron chi connectivity index (χ0n) is 9.42. The van der Waals surface area contributed by atoms with Gasteiger partial charge in [0.15, 0.2) is 0 Å². The Morgan fingerprint density at radius 2 is 2.12 bits per heavy atom. The second-order valence-electron chi connectivity index (χ2n) is 4.00. The van der Waals surface area contributed by atoms with Crippen molar-refractivity contribution in [3.8, 4) is 0 Å². The molecule has 2 N–H and O–H groups in total. The van der Waals surface area contributed by atoms with Crippen molar-refractivity contribution in [1.29, 1.82) is 0 Å². The van der Waals surface area contributed by atoms with E-state index in [4.69, 9.17) is 15.2 Å². The Bertz CT molecular complexity index is 275. The summed E-state index contributed by atoms with van der Waals surface area (Å²) in [6.45, 7) is 1.27. The van der Waals surface area contributed by atoms with Crippen molar-refractivity contribution in [1.82, 2.24) is 0 Å². The fraction of sp³-hybridized carbons (Fsp3) is 1.00. The summed E-state index contributed by atoms with van der Waals surface area (Å²) in [5.74, 6) is 0.0687. The minimum absolute atomic E-state index is 0. The lowest BCUT2D eigenvalue weighted by Crippen LogP contribution is -2.37. The summed E-state index contributed by atoms with van der Waals surface area (Å²) in [7, 11) is -2.92. The Hall–Kier alpha value is 0.120. The summed E-state index contributed by atoms with van der Waals surface area (Å²) < 4.78 is 32.3. The minimum Gasteiger partial charge on any atom is -0.378 e. The highest BCUT2D eigenvalue weighted by Gasteiger charge is 2.18. The highest BCUT2D eigenvalue weighted by atomic mass is 35.5. The van der Waals surface area contributed by atoms with Gasteiger partial charge >= 0.3 is 0 Å². The molecule has 0 bridgehead atoms.